The van der Waals surface area contributed by atoms with Gasteiger partial charge in [-0.15, -0.1) is 11.3 Å². The van der Waals surface area contributed by atoms with Crippen LogP contribution in [0.2, 0.25) is 0 Å². The van der Waals surface area contributed by atoms with Gasteiger partial charge in [0.1, 0.15) is 0 Å². The van der Waals surface area contributed by atoms with Gasteiger partial charge in [-0.05, 0) is 0 Å². The standard InChI is InChI=1S/C7H11N3OS/c11-6-5-12-7(9-6)10-3-1-8-2-4-10/h5,8,11H,1-4H2. The monoisotopic (exact) mass is 185 g/mol. The molecule has 0 atom stereocenters. The molecule has 2 N–H and O–H groups in total. The van der Waals surface area contributed by atoms with Crippen LogP contribution in [-0.4, -0.2) is 36.3 Å². The molecule has 1 fully saturated rings. The van der Waals surface area contributed by atoms with Gasteiger partial charge in [-0.1, -0.05) is 0 Å². The molecule has 4 nitrogen and oxygen atoms in total. The molecule has 1 aromatic rings. The zero-order chi connectivity index (χ0) is 8.39. The summed E-state index contributed by atoms with van der Waals surface area (Å²) in [6.07, 6.45) is 0. The van der Waals surface area contributed by atoms with Gasteiger partial charge in [0.15, 0.2) is 5.13 Å². The van der Waals surface area contributed by atoms with Gasteiger partial charge in [0, 0.05) is 26.2 Å². The summed E-state index contributed by atoms with van der Waals surface area (Å²) in [4.78, 5) is 6.19. The van der Waals surface area contributed by atoms with Crippen molar-refractivity contribution in [2.24, 2.45) is 0 Å². The van der Waals surface area contributed by atoms with E-state index in [1.165, 1.54) is 11.3 Å². The number of hydrogen-bond donors (Lipinski definition) is 2. The lowest BCUT2D eigenvalue weighted by Crippen LogP contribution is -2.43. The molecular weight excluding hydrogens is 174 g/mol. The minimum Gasteiger partial charge on any atom is -0.493 e. The van der Waals surface area contributed by atoms with Crippen molar-refractivity contribution in [3.05, 3.63) is 5.38 Å². The second kappa shape index (κ2) is 3.28. The van der Waals surface area contributed by atoms with Crippen LogP contribution in [0.4, 0.5) is 5.13 Å². The molecule has 0 radical (unpaired) electrons. The maximum atomic E-state index is 9.04. The molecule has 2 heterocycles. The highest BCUT2D eigenvalue weighted by Crippen LogP contribution is 2.23. The molecule has 1 saturated heterocycles. The van der Waals surface area contributed by atoms with Crippen LogP contribution >= 0.6 is 11.3 Å². The van der Waals surface area contributed by atoms with E-state index in [9.17, 15) is 0 Å². The minimum absolute atomic E-state index is 0.133. The summed E-state index contributed by atoms with van der Waals surface area (Å²) < 4.78 is 0. The van der Waals surface area contributed by atoms with E-state index in [0.29, 0.717) is 0 Å². The van der Waals surface area contributed by atoms with Crippen LogP contribution in [0.15, 0.2) is 5.38 Å². The number of hydrogen-bond acceptors (Lipinski definition) is 5. The lowest BCUT2D eigenvalue weighted by Gasteiger charge is -2.26. The number of nitrogens with one attached hydrogen (secondary N) is 1. The van der Waals surface area contributed by atoms with Crippen molar-refractivity contribution in [3.8, 4) is 5.88 Å². The van der Waals surface area contributed by atoms with E-state index in [1.807, 2.05) is 0 Å². The molecule has 0 saturated carbocycles. The van der Waals surface area contributed by atoms with Gasteiger partial charge in [-0.2, -0.15) is 4.98 Å². The Morgan fingerprint density at radius 1 is 1.50 bits per heavy atom. The highest BCUT2D eigenvalue weighted by Gasteiger charge is 2.13. The smallest absolute Gasteiger partial charge is 0.223 e. The topological polar surface area (TPSA) is 48.4 Å². The van der Waals surface area contributed by atoms with E-state index in [2.05, 4.69) is 15.2 Å². The van der Waals surface area contributed by atoms with Gasteiger partial charge in [-0.25, -0.2) is 0 Å². The number of anilines is 1. The predicted molar refractivity (Wildman–Crippen MR) is 48.9 cm³/mol. The van der Waals surface area contributed by atoms with Gasteiger partial charge in [-0.3, -0.25) is 0 Å². The highest BCUT2D eigenvalue weighted by molar-refractivity contribution is 7.13. The first kappa shape index (κ1) is 7.82. The maximum Gasteiger partial charge on any atom is 0.223 e. The van der Waals surface area contributed by atoms with Crippen molar-refractivity contribution < 1.29 is 5.11 Å². The van der Waals surface area contributed by atoms with Crippen LogP contribution < -0.4 is 10.2 Å². The van der Waals surface area contributed by atoms with Crippen LogP contribution in [0.25, 0.3) is 0 Å². The quantitative estimate of drug-likeness (QED) is 0.659. The number of nitrogens with zero attached hydrogens (tertiary/aromatic N) is 2. The van der Waals surface area contributed by atoms with Crippen LogP contribution in [0.5, 0.6) is 5.88 Å². The Kier molecular flexibility index (Phi) is 2.14. The van der Waals surface area contributed by atoms with E-state index in [1.54, 1.807) is 5.38 Å². The molecule has 2 rings (SSSR count). The molecule has 1 aromatic heterocycles. The van der Waals surface area contributed by atoms with Crippen molar-refractivity contribution in [3.63, 3.8) is 0 Å². The molecule has 0 aromatic carbocycles. The summed E-state index contributed by atoms with van der Waals surface area (Å²) in [6.45, 7) is 3.96. The van der Waals surface area contributed by atoms with Crippen LogP contribution in [0.3, 0.4) is 0 Å². The SMILES string of the molecule is Oc1csc(N2CCNCC2)n1. The Hall–Kier alpha value is -0.810. The number of thiazole rings is 1. The summed E-state index contributed by atoms with van der Waals surface area (Å²) in [5.41, 5.74) is 0. The molecule has 0 bridgehead atoms. The zero-order valence-electron chi connectivity index (χ0n) is 6.66. The first-order chi connectivity index (χ1) is 5.86. The third-order valence-electron chi connectivity index (χ3n) is 1.87. The molecule has 12 heavy (non-hydrogen) atoms. The van der Waals surface area contributed by atoms with Crippen LogP contribution in [0, 0.1) is 0 Å². The number of rotatable bonds is 1. The van der Waals surface area contributed by atoms with E-state index in [4.69, 9.17) is 5.11 Å². The predicted octanol–water partition coefficient (Wildman–Crippen LogP) is 0.258. The Labute approximate surface area is 74.8 Å². The number of aromatic nitrogens is 1. The lowest BCUT2D eigenvalue weighted by atomic mass is 10.4. The van der Waals surface area contributed by atoms with E-state index in [0.717, 1.165) is 31.3 Å². The summed E-state index contributed by atoms with van der Waals surface area (Å²) in [6, 6.07) is 0. The van der Waals surface area contributed by atoms with Crippen molar-refractivity contribution >= 4 is 16.5 Å². The first-order valence-corrected chi connectivity index (χ1v) is 4.84. The van der Waals surface area contributed by atoms with Gasteiger partial charge in [0.25, 0.3) is 0 Å². The molecule has 0 amide bonds. The fourth-order valence-corrected chi connectivity index (χ4v) is 2.00. The average Bonchev–Trinajstić information content (AvgIpc) is 2.54. The molecule has 0 spiro atoms. The van der Waals surface area contributed by atoms with Crippen molar-refractivity contribution in [1.29, 1.82) is 0 Å². The summed E-state index contributed by atoms with van der Waals surface area (Å²) in [7, 11) is 0. The second-order valence-electron chi connectivity index (χ2n) is 2.73. The van der Waals surface area contributed by atoms with Gasteiger partial charge in [0.2, 0.25) is 5.88 Å². The fourth-order valence-electron chi connectivity index (χ4n) is 1.26. The maximum absolute atomic E-state index is 9.04. The third kappa shape index (κ3) is 1.51. The van der Waals surface area contributed by atoms with Crippen molar-refractivity contribution in [2.75, 3.05) is 31.1 Å². The molecule has 1 aliphatic heterocycles. The zero-order valence-corrected chi connectivity index (χ0v) is 7.47. The van der Waals surface area contributed by atoms with Crippen LogP contribution in [0.1, 0.15) is 0 Å². The van der Waals surface area contributed by atoms with E-state index < -0.39 is 0 Å². The van der Waals surface area contributed by atoms with Gasteiger partial charge >= 0.3 is 0 Å². The normalized spacial score (nSPS) is 18.2. The van der Waals surface area contributed by atoms with E-state index in [-0.39, 0.29) is 5.88 Å². The van der Waals surface area contributed by atoms with Crippen molar-refractivity contribution in [1.82, 2.24) is 10.3 Å². The third-order valence-corrected chi connectivity index (χ3v) is 2.76. The molecule has 5 heteroatoms. The minimum atomic E-state index is 0.133. The lowest BCUT2D eigenvalue weighted by molar-refractivity contribution is 0.456. The molecular formula is C7H11N3OS. The number of piperazine rings is 1. The molecule has 1 aliphatic rings. The Bertz CT molecular complexity index is 257. The van der Waals surface area contributed by atoms with Gasteiger partial charge in [0.05, 0.1) is 5.38 Å². The average molecular weight is 185 g/mol. The fraction of sp³-hybridized carbons (Fsp3) is 0.571. The first-order valence-electron chi connectivity index (χ1n) is 3.96. The summed E-state index contributed by atoms with van der Waals surface area (Å²) in [5, 5.41) is 14.9. The second-order valence-corrected chi connectivity index (χ2v) is 3.56. The summed E-state index contributed by atoms with van der Waals surface area (Å²) >= 11 is 1.49. The van der Waals surface area contributed by atoms with E-state index >= 15 is 0 Å². The summed E-state index contributed by atoms with van der Waals surface area (Å²) in [5.74, 6) is 0.133. The molecule has 0 aliphatic carbocycles. The molecule has 0 unspecified atom stereocenters. The van der Waals surface area contributed by atoms with Crippen molar-refractivity contribution in [2.45, 2.75) is 0 Å². The largest absolute Gasteiger partial charge is 0.493 e. The molecule has 66 valence electrons. The highest BCUT2D eigenvalue weighted by atomic mass is 32.1. The Morgan fingerprint density at radius 2 is 2.25 bits per heavy atom. The number of aromatic hydroxyl groups is 1. The Balaban J connectivity index is 2.08. The Morgan fingerprint density at radius 3 is 2.83 bits per heavy atom. The van der Waals surface area contributed by atoms with Crippen LogP contribution in [-0.2, 0) is 0 Å². The van der Waals surface area contributed by atoms with Gasteiger partial charge < -0.3 is 15.3 Å².